The molecule has 0 aromatic rings. The third kappa shape index (κ3) is 4.97. The van der Waals surface area contributed by atoms with Gasteiger partial charge in [0.2, 0.25) is 0 Å². The van der Waals surface area contributed by atoms with Gasteiger partial charge in [0, 0.05) is 15.0 Å². The molecule has 0 spiro atoms. The van der Waals surface area contributed by atoms with Gasteiger partial charge >= 0.3 is 0 Å². The van der Waals surface area contributed by atoms with Gasteiger partial charge in [-0.3, -0.25) is 0 Å². The van der Waals surface area contributed by atoms with Crippen LogP contribution in [0.15, 0.2) is 0 Å². The first-order chi connectivity index (χ1) is 2.77. The molecule has 0 heterocycles. The highest BCUT2D eigenvalue weighted by Gasteiger charge is 1.92. The molecular formula is C2H5Cl2OP. The molecule has 0 radical (unpaired) electrons. The smallest absolute Gasteiger partial charge is 0.113 e. The summed E-state index contributed by atoms with van der Waals surface area (Å²) in [4.78, 5) is 7.70. The van der Waals surface area contributed by atoms with E-state index < -0.39 is 4.84 Å². The fraction of sp³-hybridized carbons (Fsp3) is 1.00. The van der Waals surface area contributed by atoms with E-state index >= 15 is 0 Å². The summed E-state index contributed by atoms with van der Waals surface area (Å²) in [6.45, 7) is 0. The zero-order valence-electron chi connectivity index (χ0n) is 2.99. The Hall–Kier alpha value is 0.970. The van der Waals surface area contributed by atoms with Crippen molar-refractivity contribution in [1.82, 2.24) is 0 Å². The molecule has 0 aromatic heterocycles. The maximum atomic E-state index is 8.10. The maximum absolute atomic E-state index is 8.10. The van der Waals surface area contributed by atoms with Crippen molar-refractivity contribution in [3.05, 3.63) is 0 Å². The van der Waals surface area contributed by atoms with Crippen LogP contribution in [0, 0.1) is 0 Å². The first-order valence-electron chi connectivity index (χ1n) is 1.42. The minimum Gasteiger partial charge on any atom is -0.377 e. The average Bonchev–Trinajstić information content (AvgIpc) is 1.35. The van der Waals surface area contributed by atoms with E-state index in [-0.39, 0.29) is 8.81 Å². The first kappa shape index (κ1) is 6.97. The van der Waals surface area contributed by atoms with Gasteiger partial charge in [-0.15, -0.1) is 23.2 Å². The zero-order valence-corrected chi connectivity index (χ0v) is 5.50. The zero-order chi connectivity index (χ0) is 4.99. The summed E-state index contributed by atoms with van der Waals surface area (Å²) in [5, 5.41) is 0. The van der Waals surface area contributed by atoms with Crippen molar-refractivity contribution in [2.45, 2.75) is 4.84 Å². The summed E-state index contributed by atoms with van der Waals surface area (Å²) in [5.41, 5.74) is 0. The minimum absolute atomic E-state index is 0.126. The van der Waals surface area contributed by atoms with Gasteiger partial charge in [0.1, 0.15) is 4.84 Å². The van der Waals surface area contributed by atoms with Crippen LogP contribution in [-0.2, 0) is 0 Å². The van der Waals surface area contributed by atoms with Crippen molar-refractivity contribution in [3.63, 3.8) is 0 Å². The van der Waals surface area contributed by atoms with E-state index in [1.54, 1.807) is 0 Å². The normalized spacial score (nSPS) is 12.0. The van der Waals surface area contributed by atoms with Crippen LogP contribution in [0.1, 0.15) is 0 Å². The second kappa shape index (κ2) is 4.14. The number of hydrogen-bond donors (Lipinski definition) is 1. The molecule has 0 bridgehead atoms. The van der Waals surface area contributed by atoms with Gasteiger partial charge in [0.25, 0.3) is 0 Å². The second-order valence-corrected chi connectivity index (χ2v) is 2.75. The SMILES string of the molecule is OPCC(Cl)Cl. The monoisotopic (exact) mass is 146 g/mol. The number of halogens is 2. The highest BCUT2D eigenvalue weighted by atomic mass is 35.5. The van der Waals surface area contributed by atoms with Gasteiger partial charge in [-0.05, 0) is 0 Å². The van der Waals surface area contributed by atoms with E-state index in [1.807, 2.05) is 0 Å². The van der Waals surface area contributed by atoms with Gasteiger partial charge in [0.15, 0.2) is 0 Å². The molecule has 4 heteroatoms. The molecular weight excluding hydrogens is 142 g/mol. The van der Waals surface area contributed by atoms with Crippen LogP contribution in [0.4, 0.5) is 0 Å². The van der Waals surface area contributed by atoms with E-state index in [2.05, 4.69) is 0 Å². The van der Waals surface area contributed by atoms with Crippen LogP contribution in [0.3, 0.4) is 0 Å². The Morgan fingerprint density at radius 3 is 2.17 bits per heavy atom. The molecule has 0 saturated heterocycles. The first-order valence-corrected chi connectivity index (χ1v) is 3.45. The van der Waals surface area contributed by atoms with E-state index in [0.29, 0.717) is 6.16 Å². The lowest BCUT2D eigenvalue weighted by Gasteiger charge is -1.90. The van der Waals surface area contributed by atoms with Crippen LogP contribution < -0.4 is 0 Å². The molecule has 0 rings (SSSR count). The number of rotatable bonds is 2. The summed E-state index contributed by atoms with van der Waals surface area (Å²) in [5.74, 6) is 0. The molecule has 1 nitrogen and oxygen atoms in total. The third-order valence-corrected chi connectivity index (χ3v) is 1.66. The molecule has 1 atom stereocenters. The fourth-order valence-electron chi connectivity index (χ4n) is 0.0690. The van der Waals surface area contributed by atoms with E-state index in [9.17, 15) is 0 Å². The Kier molecular flexibility index (Phi) is 4.81. The second-order valence-electron chi connectivity index (χ2n) is 0.753. The number of alkyl halides is 2. The fourth-order valence-corrected chi connectivity index (χ4v) is 0.621. The van der Waals surface area contributed by atoms with Gasteiger partial charge in [-0.25, -0.2) is 0 Å². The predicted octanol–water partition coefficient (Wildman–Crippen LogP) is 1.38. The van der Waals surface area contributed by atoms with Crippen molar-refractivity contribution in [1.29, 1.82) is 0 Å². The highest BCUT2D eigenvalue weighted by Crippen LogP contribution is 2.11. The van der Waals surface area contributed by atoms with Crippen LogP contribution in [0.25, 0.3) is 0 Å². The van der Waals surface area contributed by atoms with Gasteiger partial charge < -0.3 is 4.89 Å². The van der Waals surface area contributed by atoms with Crippen molar-refractivity contribution in [2.75, 3.05) is 6.16 Å². The summed E-state index contributed by atoms with van der Waals surface area (Å²) in [6.07, 6.45) is 0.489. The summed E-state index contributed by atoms with van der Waals surface area (Å²) < 4.78 is 0. The van der Waals surface area contributed by atoms with Gasteiger partial charge in [-0.2, -0.15) is 0 Å². The van der Waals surface area contributed by atoms with Crippen LogP contribution >= 0.6 is 32.0 Å². The highest BCUT2D eigenvalue weighted by molar-refractivity contribution is 7.31. The largest absolute Gasteiger partial charge is 0.377 e. The summed E-state index contributed by atoms with van der Waals surface area (Å²) in [6, 6.07) is 0. The molecule has 0 aromatic carbocycles. The summed E-state index contributed by atoms with van der Waals surface area (Å²) in [7, 11) is -0.126. The molecule has 0 saturated carbocycles. The van der Waals surface area contributed by atoms with Crippen LogP contribution in [-0.4, -0.2) is 15.9 Å². The standard InChI is InChI=1S/C2H5Cl2OP/c3-2(4)1-6-5/h2,5-6H,1H2. The molecule has 0 amide bonds. The Morgan fingerprint density at radius 2 is 2.17 bits per heavy atom. The van der Waals surface area contributed by atoms with E-state index in [4.69, 9.17) is 28.1 Å². The summed E-state index contributed by atoms with van der Waals surface area (Å²) >= 11 is 10.4. The Balaban J connectivity index is 2.63. The predicted molar refractivity (Wildman–Crippen MR) is 30.9 cm³/mol. The van der Waals surface area contributed by atoms with Gasteiger partial charge in [-0.1, -0.05) is 0 Å². The Bertz CT molecular complexity index is 32.7. The topological polar surface area (TPSA) is 20.2 Å². The van der Waals surface area contributed by atoms with Crippen molar-refractivity contribution in [3.8, 4) is 0 Å². The lowest BCUT2D eigenvalue weighted by atomic mass is 10.9. The van der Waals surface area contributed by atoms with Gasteiger partial charge in [0.05, 0.1) is 0 Å². The van der Waals surface area contributed by atoms with Crippen molar-refractivity contribution >= 4 is 32.0 Å². The maximum Gasteiger partial charge on any atom is 0.113 e. The molecule has 6 heavy (non-hydrogen) atoms. The molecule has 0 aliphatic rings. The van der Waals surface area contributed by atoms with Crippen molar-refractivity contribution in [2.24, 2.45) is 0 Å². The Labute approximate surface area is 48.5 Å². The molecule has 1 unspecified atom stereocenters. The molecule has 0 aliphatic heterocycles. The molecule has 0 fully saturated rings. The molecule has 38 valence electrons. The quantitative estimate of drug-likeness (QED) is 0.462. The molecule has 0 aliphatic carbocycles. The molecule has 1 N–H and O–H groups in total. The lowest BCUT2D eigenvalue weighted by molar-refractivity contribution is 0.646. The van der Waals surface area contributed by atoms with E-state index in [0.717, 1.165) is 0 Å². The minimum atomic E-state index is -0.395. The number of hydrogen-bond acceptors (Lipinski definition) is 1. The lowest BCUT2D eigenvalue weighted by Crippen LogP contribution is -1.85. The van der Waals surface area contributed by atoms with Crippen LogP contribution in [0.2, 0.25) is 0 Å². The van der Waals surface area contributed by atoms with E-state index in [1.165, 1.54) is 0 Å². The average molecular weight is 147 g/mol. The third-order valence-electron chi connectivity index (χ3n) is 0.246. The van der Waals surface area contributed by atoms with Crippen LogP contribution in [0.5, 0.6) is 0 Å². The van der Waals surface area contributed by atoms with Crippen molar-refractivity contribution < 1.29 is 4.89 Å². The Morgan fingerprint density at radius 1 is 1.67 bits per heavy atom.